The molecule has 21 rings (SSSR count). The third-order valence-electron chi connectivity index (χ3n) is 19.7. The molecule has 17 heteroatoms. The van der Waals surface area contributed by atoms with E-state index in [0.29, 0.717) is 179 Å². The van der Waals surface area contributed by atoms with Crippen LogP contribution in [0.15, 0.2) is 370 Å². The summed E-state index contributed by atoms with van der Waals surface area (Å²) in [4.78, 5) is 40.6. The topological polar surface area (TPSA) is 176 Å². The van der Waals surface area contributed by atoms with Crippen molar-refractivity contribution in [2.75, 3.05) is 0 Å². The Hall–Kier alpha value is -15.1. The minimum atomic E-state index is 0. The molecule has 0 saturated carbocycles. The van der Waals surface area contributed by atoms with Gasteiger partial charge in [0.2, 0.25) is 0 Å². The summed E-state index contributed by atoms with van der Waals surface area (Å²) in [6, 6.07) is 109. The van der Waals surface area contributed by atoms with Crippen molar-refractivity contribution in [1.29, 1.82) is 0 Å². The molecule has 0 fully saturated rings. The molecule has 16 nitrogen and oxygen atoms in total. The maximum atomic E-state index is 7.34. The predicted octanol–water partition coefficient (Wildman–Crippen LogP) is 17.9. The summed E-state index contributed by atoms with van der Waals surface area (Å²) in [7, 11) is 0. The molecule has 113 heavy (non-hydrogen) atoms. The molecule has 0 aliphatic carbocycles. The third-order valence-corrected chi connectivity index (χ3v) is 19.7. The molecule has 0 unspecified atom stereocenters. The van der Waals surface area contributed by atoms with Gasteiger partial charge in [0.05, 0.1) is 44.4 Å². The van der Waals surface area contributed by atoms with Crippen molar-refractivity contribution in [2.24, 2.45) is 30.0 Å². The van der Waals surface area contributed by atoms with Gasteiger partial charge in [0.1, 0.15) is 92.0 Å². The van der Waals surface area contributed by atoms with E-state index in [1.54, 1.807) is 0 Å². The largest absolute Gasteiger partial charge is 1.00 e. The van der Waals surface area contributed by atoms with Gasteiger partial charge < -0.3 is 52.9 Å². The predicted molar refractivity (Wildman–Crippen MR) is 435 cm³/mol. The van der Waals surface area contributed by atoms with Crippen LogP contribution >= 0.6 is 0 Å². The molecule has 1 aromatic heterocycles. The monoisotopic (exact) mass is 1460 g/mol. The zero-order valence-corrected chi connectivity index (χ0v) is 60.2. The first-order chi connectivity index (χ1) is 55.5. The Labute approximate surface area is 657 Å². The molecule has 0 atom stereocenters. The van der Waals surface area contributed by atoms with Crippen LogP contribution < -0.4 is 88.5 Å². The fourth-order valence-corrected chi connectivity index (χ4v) is 14.8. The van der Waals surface area contributed by atoms with Crippen molar-refractivity contribution in [1.82, 2.24) is 10.3 Å². The molecule has 0 N–H and O–H groups in total. The molecule has 8 bridgehead atoms. The number of hydrogen-bond donors (Lipinski definition) is 0. The molecule has 16 aromatic carbocycles. The molecular weight excluding hydrogens is 1400 g/mol. The summed E-state index contributed by atoms with van der Waals surface area (Å²) in [5.74, 6) is 8.13. The number of para-hydroxylation sites is 8. The van der Waals surface area contributed by atoms with E-state index in [1.165, 1.54) is 0 Å². The maximum absolute atomic E-state index is 7.34. The smallest absolute Gasteiger partial charge is 0.456 e. The molecule has 4 aliphatic heterocycles. The van der Waals surface area contributed by atoms with Crippen LogP contribution in [0.5, 0.6) is 92.0 Å². The molecule has 0 spiro atoms. The number of fused-ring (bicyclic) bond motifs is 20. The second kappa shape index (κ2) is 28.5. The van der Waals surface area contributed by atoms with Gasteiger partial charge in [-0.3, -0.25) is 0 Å². The number of benzene rings is 16. The van der Waals surface area contributed by atoms with Crippen LogP contribution in [0, 0.1) is 0 Å². The van der Waals surface area contributed by atoms with E-state index in [-0.39, 0.29) is 64.8 Å². The SMILES string of the molecule is [Li+].c1ccc(Oc2c3c(c(Oc4ccccc4)c4ccccc24)C2=NC4=c5c(Oc6ccccc6)c6ccccc6c(Oc6ccccc6)c5=C([N]4)N=C4N=C(N=c5[n-]c(c6c(Oc7ccccc7)c7ccccc7c(Oc7ccccc7)c56)=NC3=N2)c2c4c(Oc3ccccc3)c3ccccc3c2Oc2ccccc2)cc1. The summed E-state index contributed by atoms with van der Waals surface area (Å²) in [5.41, 5.74) is 1.88. The normalized spacial score (nSPS) is 12.9. The van der Waals surface area contributed by atoms with Crippen LogP contribution in [0.1, 0.15) is 22.3 Å². The van der Waals surface area contributed by atoms with Gasteiger partial charge in [0.25, 0.3) is 0 Å². The first-order valence-corrected chi connectivity index (χ1v) is 36.4. The van der Waals surface area contributed by atoms with Crippen molar-refractivity contribution in [3.63, 3.8) is 0 Å². The molecule has 529 valence electrons. The molecule has 4 aliphatic rings. The summed E-state index contributed by atoms with van der Waals surface area (Å²) in [5, 5.41) is 12.7. The number of amidine groups is 4. The van der Waals surface area contributed by atoms with Crippen molar-refractivity contribution in [2.45, 2.75) is 0 Å². The fraction of sp³-hybridized carbons (Fsp3) is 0. The average Bonchev–Trinajstić information content (AvgIpc) is 1.57. The van der Waals surface area contributed by atoms with Crippen LogP contribution in [0.2, 0.25) is 0 Å². The first-order valence-electron chi connectivity index (χ1n) is 36.4. The summed E-state index contributed by atoms with van der Waals surface area (Å²) in [6.45, 7) is 0. The molecular formula is C96H56LiN8O8. The van der Waals surface area contributed by atoms with E-state index in [1.807, 2.05) is 340 Å². The quantitative estimate of drug-likeness (QED) is 0.0852. The van der Waals surface area contributed by atoms with Crippen LogP contribution in [0.25, 0.3) is 65.5 Å². The molecule has 5 heterocycles. The van der Waals surface area contributed by atoms with Gasteiger partial charge in [-0.25, -0.2) is 25.3 Å². The molecule has 17 aromatic rings. The van der Waals surface area contributed by atoms with Crippen LogP contribution in [0.4, 0.5) is 0 Å². The van der Waals surface area contributed by atoms with E-state index in [2.05, 4.69) is 0 Å². The second-order valence-electron chi connectivity index (χ2n) is 26.6. The Morgan fingerprint density at radius 2 is 0.372 bits per heavy atom. The van der Waals surface area contributed by atoms with Crippen LogP contribution in [0.3, 0.4) is 0 Å². The molecule has 0 saturated heterocycles. The number of ether oxygens (including phenoxy) is 8. The summed E-state index contributed by atoms with van der Waals surface area (Å²) in [6.07, 6.45) is 0. The van der Waals surface area contributed by atoms with Crippen molar-refractivity contribution in [3.8, 4) is 92.0 Å². The van der Waals surface area contributed by atoms with E-state index >= 15 is 0 Å². The van der Waals surface area contributed by atoms with Crippen molar-refractivity contribution in [3.05, 3.63) is 383 Å². The molecule has 1 radical (unpaired) electrons. The van der Waals surface area contributed by atoms with E-state index in [0.717, 1.165) is 0 Å². The standard InChI is InChI=1S/C96H56N8O8.Li/c1-9-33-57(34-10-1)105-81-65-49-25-26-50-66(65)82(106-58-35-11-2-12-36-58)74-73(81)89-97-90(74)102-92-77-78(86(110-62-43-19-6-20-44-62)70-54-30-29-53-69(70)85(77)109-61-41-17-5-18-42-61)94(99-92)104-96-80-79(87(111-63-45-21-7-22-46-63)71-55-31-32-56-72(71)88(80)112-64-47-23-8-24-48-64)95(100-96)103-93-76-75(91(98-93)101-89)83(107-59-37-13-3-14-38-59)67-51-27-28-52-68(67)84(76)108-60-39-15-4-16-40-60;/h1-56H;/q-1;+1. The minimum absolute atomic E-state index is 0. The Kier molecular flexibility index (Phi) is 17.0. The van der Waals surface area contributed by atoms with Gasteiger partial charge in [0.15, 0.2) is 23.3 Å². The van der Waals surface area contributed by atoms with Gasteiger partial charge in [-0.05, 0) is 97.1 Å². The average molecular weight is 1460 g/mol. The fourth-order valence-electron chi connectivity index (χ4n) is 14.8. The number of hydrogen-bond acceptors (Lipinski definition) is 14. The first kappa shape index (κ1) is 67.3. The Morgan fingerprint density at radius 3 is 0.611 bits per heavy atom. The number of aromatic nitrogens is 1. The zero-order valence-electron chi connectivity index (χ0n) is 60.2. The van der Waals surface area contributed by atoms with Gasteiger partial charge in [0, 0.05) is 64.8 Å². The Balaban J connectivity index is 0.00000830. The van der Waals surface area contributed by atoms with Crippen molar-refractivity contribution >= 4 is 88.8 Å². The zero-order chi connectivity index (χ0) is 74.0. The number of rotatable bonds is 16. The van der Waals surface area contributed by atoms with Crippen LogP contribution in [-0.2, 0) is 0 Å². The molecule has 0 amide bonds. The second-order valence-corrected chi connectivity index (χ2v) is 26.6. The summed E-state index contributed by atoms with van der Waals surface area (Å²) < 4.78 is 58.8. The third kappa shape index (κ3) is 12.1. The Bertz CT molecular complexity index is 6700. The van der Waals surface area contributed by atoms with Gasteiger partial charge in [-0.1, -0.05) is 243 Å². The number of aliphatic imine (C=N–C) groups is 4. The van der Waals surface area contributed by atoms with E-state index in [9.17, 15) is 0 Å². The van der Waals surface area contributed by atoms with Crippen molar-refractivity contribution < 1.29 is 56.8 Å². The Morgan fingerprint density at radius 1 is 0.186 bits per heavy atom. The van der Waals surface area contributed by atoms with E-state index < -0.39 is 0 Å². The van der Waals surface area contributed by atoms with Crippen LogP contribution in [-0.4, -0.2) is 23.3 Å². The minimum Gasteiger partial charge on any atom is -0.456 e. The van der Waals surface area contributed by atoms with Gasteiger partial charge in [-0.15, -0.1) is 0 Å². The maximum Gasteiger partial charge on any atom is 1.00 e. The van der Waals surface area contributed by atoms with E-state index in [4.69, 9.17) is 78.2 Å². The van der Waals surface area contributed by atoms with Gasteiger partial charge in [-0.2, -0.15) is 0 Å². The number of nitrogens with zero attached hydrogens (tertiary/aromatic N) is 8. The summed E-state index contributed by atoms with van der Waals surface area (Å²) >= 11 is 0. The van der Waals surface area contributed by atoms with Gasteiger partial charge >= 0.3 is 18.9 Å².